The van der Waals surface area contributed by atoms with E-state index in [0.29, 0.717) is 19.0 Å². The molecule has 0 aliphatic carbocycles. The molecule has 0 amide bonds. The molecule has 0 saturated heterocycles. The fourth-order valence-electron chi connectivity index (χ4n) is 1.54. The fourth-order valence-corrected chi connectivity index (χ4v) is 1.54. The lowest BCUT2D eigenvalue weighted by Gasteiger charge is -2.03. The van der Waals surface area contributed by atoms with Crippen molar-refractivity contribution >= 4 is 5.65 Å². The molecule has 2 aromatic rings. The van der Waals surface area contributed by atoms with Crippen molar-refractivity contribution in [3.63, 3.8) is 0 Å². The van der Waals surface area contributed by atoms with Gasteiger partial charge in [-0.3, -0.25) is 0 Å². The molecule has 2 N–H and O–H groups in total. The summed E-state index contributed by atoms with van der Waals surface area (Å²) in [6.07, 6.45) is 2.75. The maximum Gasteiger partial charge on any atom is 0.235 e. The lowest BCUT2D eigenvalue weighted by molar-refractivity contribution is 0.303. The minimum absolute atomic E-state index is 0.472. The normalized spacial score (nSPS) is 10.9. The average molecular weight is 220 g/mol. The summed E-state index contributed by atoms with van der Waals surface area (Å²) in [5.41, 5.74) is 8.42. The van der Waals surface area contributed by atoms with Crippen LogP contribution in [0.2, 0.25) is 0 Å². The van der Waals surface area contributed by atoms with E-state index in [1.54, 1.807) is 10.7 Å². The number of aromatic nitrogens is 3. The Balaban J connectivity index is 2.41. The minimum Gasteiger partial charge on any atom is -0.477 e. The van der Waals surface area contributed by atoms with Crippen molar-refractivity contribution in [1.82, 2.24) is 14.6 Å². The third-order valence-corrected chi connectivity index (χ3v) is 2.48. The van der Waals surface area contributed by atoms with Gasteiger partial charge < -0.3 is 10.5 Å². The molecule has 0 aliphatic rings. The van der Waals surface area contributed by atoms with Crippen LogP contribution in [0.3, 0.4) is 0 Å². The molecule has 2 heterocycles. The van der Waals surface area contributed by atoms with Gasteiger partial charge in [0.1, 0.15) is 0 Å². The predicted molar refractivity (Wildman–Crippen MR) is 61.4 cm³/mol. The molecule has 2 rings (SSSR count). The molecule has 0 fully saturated rings. The predicted octanol–water partition coefficient (Wildman–Crippen LogP) is 1.29. The molecule has 0 atom stereocenters. The smallest absolute Gasteiger partial charge is 0.235 e. The Kier molecular flexibility index (Phi) is 3.05. The van der Waals surface area contributed by atoms with Gasteiger partial charge in [-0.2, -0.15) is 0 Å². The first-order valence-electron chi connectivity index (χ1n) is 5.43. The number of hydrogen-bond acceptors (Lipinski definition) is 4. The zero-order valence-corrected chi connectivity index (χ0v) is 9.60. The second-order valence-corrected chi connectivity index (χ2v) is 3.67. The van der Waals surface area contributed by atoms with E-state index >= 15 is 0 Å². The quantitative estimate of drug-likeness (QED) is 0.843. The number of nitrogens with two attached hydrogens (primary N) is 1. The number of ether oxygens (including phenoxy) is 1. The van der Waals surface area contributed by atoms with Gasteiger partial charge in [0.05, 0.1) is 6.61 Å². The van der Waals surface area contributed by atoms with E-state index in [1.165, 1.54) is 0 Å². The van der Waals surface area contributed by atoms with Crippen LogP contribution in [-0.4, -0.2) is 21.2 Å². The van der Waals surface area contributed by atoms with E-state index in [0.717, 1.165) is 23.3 Å². The zero-order valence-electron chi connectivity index (χ0n) is 9.60. The second kappa shape index (κ2) is 4.49. The summed E-state index contributed by atoms with van der Waals surface area (Å²) >= 11 is 0. The van der Waals surface area contributed by atoms with E-state index in [4.69, 9.17) is 10.5 Å². The third kappa shape index (κ3) is 1.86. The van der Waals surface area contributed by atoms with Gasteiger partial charge in [0.15, 0.2) is 5.65 Å². The maximum absolute atomic E-state index is 5.62. The van der Waals surface area contributed by atoms with Crippen LogP contribution in [0.5, 0.6) is 5.88 Å². The summed E-state index contributed by atoms with van der Waals surface area (Å²) in [7, 11) is 0. The first-order chi connectivity index (χ1) is 7.76. The summed E-state index contributed by atoms with van der Waals surface area (Å²) in [5, 5.41) is 4.33. The maximum atomic E-state index is 5.62. The molecule has 0 spiro atoms. The summed E-state index contributed by atoms with van der Waals surface area (Å²) in [5.74, 6) is 0.617. The Hall–Kier alpha value is -1.62. The number of hydrogen-bond donors (Lipinski definition) is 1. The van der Waals surface area contributed by atoms with Gasteiger partial charge in [-0.25, -0.2) is 9.50 Å². The zero-order chi connectivity index (χ0) is 11.5. The van der Waals surface area contributed by atoms with Crippen LogP contribution in [0.1, 0.15) is 24.6 Å². The van der Waals surface area contributed by atoms with Gasteiger partial charge in [-0.15, -0.1) is 5.10 Å². The van der Waals surface area contributed by atoms with Gasteiger partial charge in [0.2, 0.25) is 5.88 Å². The molecule has 16 heavy (non-hydrogen) atoms. The first kappa shape index (κ1) is 10.9. The number of fused-ring (bicyclic) bond motifs is 1. The average Bonchev–Trinajstić information content (AvgIpc) is 2.71. The molecule has 0 aliphatic heterocycles. The van der Waals surface area contributed by atoms with Crippen LogP contribution < -0.4 is 10.5 Å². The molecule has 86 valence electrons. The topological polar surface area (TPSA) is 65.4 Å². The Morgan fingerprint density at radius 2 is 2.31 bits per heavy atom. The Bertz CT molecular complexity index is 492. The molecule has 0 radical (unpaired) electrons. The van der Waals surface area contributed by atoms with E-state index in [1.807, 2.05) is 13.0 Å². The van der Waals surface area contributed by atoms with Crippen LogP contribution in [0.4, 0.5) is 0 Å². The summed E-state index contributed by atoms with van der Waals surface area (Å²) in [4.78, 5) is 4.28. The van der Waals surface area contributed by atoms with Gasteiger partial charge in [-0.05, 0) is 13.3 Å². The monoisotopic (exact) mass is 220 g/mol. The Morgan fingerprint density at radius 3 is 3.00 bits per heavy atom. The van der Waals surface area contributed by atoms with Crippen molar-refractivity contribution in [2.24, 2.45) is 5.73 Å². The molecule has 5 heteroatoms. The number of aryl methyl sites for hydroxylation is 1. The van der Waals surface area contributed by atoms with Crippen LogP contribution in [-0.2, 0) is 6.54 Å². The van der Waals surface area contributed by atoms with Gasteiger partial charge in [0.25, 0.3) is 0 Å². The fraction of sp³-hybridized carbons (Fsp3) is 0.455. The molecule has 0 saturated carbocycles. The largest absolute Gasteiger partial charge is 0.477 e. The molecule has 0 unspecified atom stereocenters. The summed E-state index contributed by atoms with van der Waals surface area (Å²) in [6, 6.07) is 1.84. The standard InChI is InChI=1S/C11H16N4O/c1-3-4-16-11-5-10-13-7-9(6-12)8(2)15(10)14-11/h5,7H,3-4,6,12H2,1-2H3. The number of rotatable bonds is 4. The first-order valence-corrected chi connectivity index (χ1v) is 5.43. The van der Waals surface area contributed by atoms with Gasteiger partial charge >= 0.3 is 0 Å². The van der Waals surface area contributed by atoms with Crippen molar-refractivity contribution in [3.05, 3.63) is 23.5 Å². The van der Waals surface area contributed by atoms with Crippen LogP contribution in [0, 0.1) is 6.92 Å². The Morgan fingerprint density at radius 1 is 1.50 bits per heavy atom. The van der Waals surface area contributed by atoms with Gasteiger partial charge in [-0.1, -0.05) is 6.92 Å². The summed E-state index contributed by atoms with van der Waals surface area (Å²) in [6.45, 7) is 5.19. The molecule has 0 aromatic carbocycles. The van der Waals surface area contributed by atoms with Crippen LogP contribution >= 0.6 is 0 Å². The van der Waals surface area contributed by atoms with Crippen molar-refractivity contribution < 1.29 is 4.74 Å². The Labute approximate surface area is 94.2 Å². The van der Waals surface area contributed by atoms with Gasteiger partial charge in [0, 0.05) is 30.1 Å². The molecular weight excluding hydrogens is 204 g/mol. The van der Waals surface area contributed by atoms with Crippen LogP contribution in [0.15, 0.2) is 12.3 Å². The van der Waals surface area contributed by atoms with Crippen LogP contribution in [0.25, 0.3) is 5.65 Å². The SMILES string of the molecule is CCCOc1cc2ncc(CN)c(C)n2n1. The summed E-state index contributed by atoms with van der Waals surface area (Å²) < 4.78 is 7.24. The highest BCUT2D eigenvalue weighted by molar-refractivity contribution is 5.43. The molecule has 5 nitrogen and oxygen atoms in total. The van der Waals surface area contributed by atoms with Crippen molar-refractivity contribution in [3.8, 4) is 5.88 Å². The van der Waals surface area contributed by atoms with Crippen molar-refractivity contribution in [1.29, 1.82) is 0 Å². The van der Waals surface area contributed by atoms with Crippen molar-refractivity contribution in [2.45, 2.75) is 26.8 Å². The minimum atomic E-state index is 0.472. The second-order valence-electron chi connectivity index (χ2n) is 3.67. The third-order valence-electron chi connectivity index (χ3n) is 2.48. The van der Waals surface area contributed by atoms with E-state index in [2.05, 4.69) is 17.0 Å². The highest BCUT2D eigenvalue weighted by Gasteiger charge is 2.07. The van der Waals surface area contributed by atoms with E-state index < -0.39 is 0 Å². The lowest BCUT2D eigenvalue weighted by Crippen LogP contribution is -2.06. The van der Waals surface area contributed by atoms with E-state index in [9.17, 15) is 0 Å². The highest BCUT2D eigenvalue weighted by Crippen LogP contribution is 2.15. The molecular formula is C11H16N4O. The highest BCUT2D eigenvalue weighted by atomic mass is 16.5. The van der Waals surface area contributed by atoms with Crippen molar-refractivity contribution in [2.75, 3.05) is 6.61 Å². The number of nitrogens with zero attached hydrogens (tertiary/aromatic N) is 3. The van der Waals surface area contributed by atoms with E-state index in [-0.39, 0.29) is 0 Å². The molecule has 2 aromatic heterocycles. The lowest BCUT2D eigenvalue weighted by atomic mass is 10.2. The molecule has 0 bridgehead atoms.